The van der Waals surface area contributed by atoms with Crippen LogP contribution >= 0.6 is 0 Å². The number of hydrogen-bond donors (Lipinski definition) is 2. The molecule has 0 saturated carbocycles. The van der Waals surface area contributed by atoms with Crippen molar-refractivity contribution in [2.45, 2.75) is 19.6 Å². The summed E-state index contributed by atoms with van der Waals surface area (Å²) in [5.41, 5.74) is 6.88. The van der Waals surface area contributed by atoms with Gasteiger partial charge in [-0.3, -0.25) is 4.90 Å². The Balaban J connectivity index is 1.32. The third-order valence-corrected chi connectivity index (χ3v) is 7.23. The highest BCUT2D eigenvalue weighted by atomic mass is 19.1. The third kappa shape index (κ3) is 5.23. The van der Waals surface area contributed by atoms with Crippen LogP contribution in [0.3, 0.4) is 0 Å². The lowest BCUT2D eigenvalue weighted by Crippen LogP contribution is -2.35. The van der Waals surface area contributed by atoms with E-state index in [1.54, 1.807) is 24.3 Å². The molecular weight excluding hydrogens is 486 g/mol. The lowest BCUT2D eigenvalue weighted by molar-refractivity contribution is 0.248. The van der Waals surface area contributed by atoms with Crippen molar-refractivity contribution in [1.82, 2.24) is 9.47 Å². The Morgan fingerprint density at radius 1 is 0.590 bits per heavy atom. The third-order valence-electron chi connectivity index (χ3n) is 7.23. The average Bonchev–Trinajstić information content (AvgIpc) is 3.29. The van der Waals surface area contributed by atoms with Crippen molar-refractivity contribution in [2.75, 3.05) is 0 Å². The Hall–Kier alpha value is -4.23. The molecule has 6 aromatic rings. The zero-order chi connectivity index (χ0) is 26.8. The number of hydrogen-bond acceptors (Lipinski definition) is 3. The minimum Gasteiger partial charge on any atom is -0.423 e. The van der Waals surface area contributed by atoms with Crippen LogP contribution in [-0.4, -0.2) is 26.6 Å². The van der Waals surface area contributed by atoms with E-state index in [0.717, 1.165) is 22.4 Å². The molecule has 0 aliphatic heterocycles. The van der Waals surface area contributed by atoms with E-state index in [2.05, 4.69) is 82.3 Å². The molecule has 0 atom stereocenters. The fourth-order valence-corrected chi connectivity index (χ4v) is 5.40. The summed E-state index contributed by atoms with van der Waals surface area (Å²) in [6.07, 6.45) is 0. The summed E-state index contributed by atoms with van der Waals surface area (Å²) in [7, 11) is -1.54. The van der Waals surface area contributed by atoms with Crippen LogP contribution < -0.4 is 5.46 Å². The van der Waals surface area contributed by atoms with Gasteiger partial charge >= 0.3 is 7.12 Å². The van der Waals surface area contributed by atoms with Crippen LogP contribution in [0.1, 0.15) is 16.7 Å². The van der Waals surface area contributed by atoms with Crippen molar-refractivity contribution in [2.24, 2.45) is 0 Å². The van der Waals surface area contributed by atoms with Crippen molar-refractivity contribution < 1.29 is 14.4 Å². The predicted molar refractivity (Wildman–Crippen MR) is 156 cm³/mol. The summed E-state index contributed by atoms with van der Waals surface area (Å²) in [5, 5.41) is 22.2. The molecule has 2 N–H and O–H groups in total. The highest BCUT2D eigenvalue weighted by Gasteiger charge is 2.18. The van der Waals surface area contributed by atoms with Crippen molar-refractivity contribution in [1.29, 1.82) is 0 Å². The summed E-state index contributed by atoms with van der Waals surface area (Å²) in [4.78, 5) is 2.23. The van der Waals surface area contributed by atoms with E-state index in [1.165, 1.54) is 33.9 Å². The summed E-state index contributed by atoms with van der Waals surface area (Å²) < 4.78 is 15.8. The van der Waals surface area contributed by atoms with Crippen LogP contribution in [0.5, 0.6) is 0 Å². The molecule has 0 amide bonds. The van der Waals surface area contributed by atoms with Crippen LogP contribution in [0.4, 0.5) is 4.39 Å². The molecule has 39 heavy (non-hydrogen) atoms. The Morgan fingerprint density at radius 3 is 1.69 bits per heavy atom. The molecule has 0 unspecified atom stereocenters. The van der Waals surface area contributed by atoms with Crippen LogP contribution in [0, 0.1) is 5.82 Å². The highest BCUT2D eigenvalue weighted by Crippen LogP contribution is 2.31. The zero-order valence-corrected chi connectivity index (χ0v) is 21.4. The van der Waals surface area contributed by atoms with Gasteiger partial charge in [-0.05, 0) is 58.6 Å². The van der Waals surface area contributed by atoms with Crippen molar-refractivity contribution >= 4 is 34.4 Å². The van der Waals surface area contributed by atoms with Crippen LogP contribution in [0.2, 0.25) is 0 Å². The van der Waals surface area contributed by atoms with Gasteiger partial charge in [0.15, 0.2) is 0 Å². The maximum Gasteiger partial charge on any atom is 0.488 e. The molecule has 0 bridgehead atoms. The lowest BCUT2D eigenvalue weighted by atomic mass is 9.77. The van der Waals surface area contributed by atoms with Gasteiger partial charge in [-0.2, -0.15) is 0 Å². The molecule has 0 aliphatic rings. The normalized spacial score (nSPS) is 11.5. The molecule has 0 fully saturated rings. The molecule has 0 radical (unpaired) electrons. The number of benzene rings is 5. The molecule has 192 valence electrons. The number of para-hydroxylation sites is 2. The Kier molecular flexibility index (Phi) is 6.99. The molecule has 4 nitrogen and oxygen atoms in total. The average molecular weight is 514 g/mol. The summed E-state index contributed by atoms with van der Waals surface area (Å²) in [5.74, 6) is -0.264. The molecule has 6 heteroatoms. The summed E-state index contributed by atoms with van der Waals surface area (Å²) in [6.45, 7) is 1.74. The minimum absolute atomic E-state index is 0.264. The number of nitrogens with zero attached hydrogens (tertiary/aromatic N) is 2. The van der Waals surface area contributed by atoms with E-state index >= 15 is 0 Å². The lowest BCUT2D eigenvalue weighted by Gasteiger charge is -2.24. The first kappa shape index (κ1) is 25.1. The maximum absolute atomic E-state index is 13.5. The van der Waals surface area contributed by atoms with E-state index < -0.39 is 7.12 Å². The van der Waals surface area contributed by atoms with Gasteiger partial charge in [-0.1, -0.05) is 84.9 Å². The van der Waals surface area contributed by atoms with Crippen molar-refractivity contribution in [3.63, 3.8) is 0 Å². The first-order valence-electron chi connectivity index (χ1n) is 13.0. The Morgan fingerprint density at radius 2 is 1.10 bits per heavy atom. The molecule has 1 aromatic heterocycles. The molecule has 0 saturated heterocycles. The van der Waals surface area contributed by atoms with Gasteiger partial charge in [0.05, 0.1) is 11.0 Å². The van der Waals surface area contributed by atoms with Crippen molar-refractivity contribution in [3.8, 4) is 5.69 Å². The fourth-order valence-electron chi connectivity index (χ4n) is 5.40. The van der Waals surface area contributed by atoms with Gasteiger partial charge in [0.1, 0.15) is 5.82 Å². The number of rotatable bonds is 8. The highest BCUT2D eigenvalue weighted by molar-refractivity contribution is 6.59. The van der Waals surface area contributed by atoms with Crippen molar-refractivity contribution in [3.05, 3.63) is 144 Å². The van der Waals surface area contributed by atoms with Crippen LogP contribution in [-0.2, 0) is 19.6 Å². The van der Waals surface area contributed by atoms with Gasteiger partial charge < -0.3 is 14.6 Å². The largest absolute Gasteiger partial charge is 0.488 e. The van der Waals surface area contributed by atoms with Gasteiger partial charge in [0, 0.05) is 36.1 Å². The molecule has 5 aromatic carbocycles. The molecule has 0 aliphatic carbocycles. The Labute approximate surface area is 227 Å². The zero-order valence-electron chi connectivity index (χ0n) is 21.4. The predicted octanol–water partition coefficient (Wildman–Crippen LogP) is 5.81. The fraction of sp³-hybridized carbons (Fsp3) is 0.0909. The first-order chi connectivity index (χ1) is 19.1. The number of aromatic nitrogens is 1. The first-order valence-corrected chi connectivity index (χ1v) is 13.0. The van der Waals surface area contributed by atoms with Gasteiger partial charge in [-0.25, -0.2) is 4.39 Å². The summed E-state index contributed by atoms with van der Waals surface area (Å²) in [6, 6.07) is 39.4. The standard InChI is InChI=1S/C33H28BFN2O2/c35-27-17-13-24(14-18-27)21-36(23-26-7-1-4-10-31(26)34(38)39)22-25-15-19-28(20-16-25)37-32-11-5-2-8-29(32)30-9-3-6-12-33(30)37/h1-20,38-39H,21-23H2. The van der Waals surface area contributed by atoms with Crippen LogP contribution in [0.25, 0.3) is 27.5 Å². The van der Waals surface area contributed by atoms with E-state index in [4.69, 9.17) is 0 Å². The second-order valence-electron chi connectivity index (χ2n) is 9.88. The smallest absolute Gasteiger partial charge is 0.423 e. The monoisotopic (exact) mass is 514 g/mol. The second-order valence-corrected chi connectivity index (χ2v) is 9.88. The SMILES string of the molecule is OB(O)c1ccccc1CN(Cc1ccc(F)cc1)Cc1ccc(-n2c3ccccc3c3ccccc32)cc1. The van der Waals surface area contributed by atoms with E-state index in [9.17, 15) is 14.4 Å². The number of halogens is 1. The molecule has 6 rings (SSSR count). The van der Waals surface area contributed by atoms with Gasteiger partial charge in [0.25, 0.3) is 0 Å². The molecular formula is C33H28BFN2O2. The molecule has 0 spiro atoms. The van der Waals surface area contributed by atoms with Gasteiger partial charge in [-0.15, -0.1) is 0 Å². The molecule has 1 heterocycles. The Bertz CT molecular complexity index is 1680. The summed E-state index contributed by atoms with van der Waals surface area (Å²) >= 11 is 0. The second kappa shape index (κ2) is 10.9. The number of fused-ring (bicyclic) bond motifs is 3. The minimum atomic E-state index is -1.54. The van der Waals surface area contributed by atoms with E-state index in [0.29, 0.717) is 25.1 Å². The maximum atomic E-state index is 13.5. The quantitative estimate of drug-likeness (QED) is 0.252. The van der Waals surface area contributed by atoms with E-state index in [-0.39, 0.29) is 5.82 Å². The topological polar surface area (TPSA) is 48.6 Å². The van der Waals surface area contributed by atoms with Crippen LogP contribution in [0.15, 0.2) is 121 Å². The van der Waals surface area contributed by atoms with Gasteiger partial charge in [0.2, 0.25) is 0 Å². The van der Waals surface area contributed by atoms with E-state index in [1.807, 2.05) is 12.1 Å².